The third-order valence-corrected chi connectivity index (χ3v) is 6.18. The van der Waals surface area contributed by atoms with Gasteiger partial charge in [-0.2, -0.15) is 18.3 Å². The van der Waals surface area contributed by atoms with Gasteiger partial charge in [0.05, 0.1) is 28.7 Å². The summed E-state index contributed by atoms with van der Waals surface area (Å²) in [6.07, 6.45) is 3.29. The molecule has 34 heavy (non-hydrogen) atoms. The minimum Gasteiger partial charge on any atom is -0.372 e. The van der Waals surface area contributed by atoms with Crippen LogP contribution in [0.1, 0.15) is 36.2 Å². The number of piperazine rings is 1. The molecule has 0 saturated carbocycles. The van der Waals surface area contributed by atoms with Gasteiger partial charge >= 0.3 is 6.18 Å². The lowest BCUT2D eigenvalue weighted by Crippen LogP contribution is -2.46. The molecule has 2 aromatic rings. The normalized spacial score (nSPS) is 17.1. The number of allylic oxidation sites excluding steroid dienone is 5. The van der Waals surface area contributed by atoms with Gasteiger partial charge in [-0.05, 0) is 30.6 Å². The van der Waals surface area contributed by atoms with Crippen molar-refractivity contribution in [2.24, 2.45) is 11.7 Å². The highest BCUT2D eigenvalue weighted by atomic mass is 19.4. The summed E-state index contributed by atoms with van der Waals surface area (Å²) in [4.78, 5) is 18.9. The van der Waals surface area contributed by atoms with Gasteiger partial charge in [-0.25, -0.2) is 0 Å². The molecule has 10 heteroatoms. The predicted octanol–water partition coefficient (Wildman–Crippen LogP) is 4.23. The van der Waals surface area contributed by atoms with E-state index in [0.29, 0.717) is 25.2 Å². The molecule has 0 aliphatic carbocycles. The molecule has 0 aromatic carbocycles. The summed E-state index contributed by atoms with van der Waals surface area (Å²) in [6.45, 7) is 10.9. The number of nitrogens with two attached hydrogens (primary N) is 1. The van der Waals surface area contributed by atoms with Crippen LogP contribution in [0.2, 0.25) is 0 Å². The van der Waals surface area contributed by atoms with E-state index in [4.69, 9.17) is 5.73 Å². The van der Waals surface area contributed by atoms with Crippen LogP contribution >= 0.6 is 0 Å². The van der Waals surface area contributed by atoms with Gasteiger partial charge in [0.1, 0.15) is 0 Å². The molecular formula is C24H31F3N6O. The fourth-order valence-corrected chi connectivity index (χ4v) is 3.99. The second-order valence-electron chi connectivity index (χ2n) is 8.42. The highest BCUT2D eigenvalue weighted by Crippen LogP contribution is 2.28. The van der Waals surface area contributed by atoms with Gasteiger partial charge in [0.15, 0.2) is 0 Å². The van der Waals surface area contributed by atoms with Crippen molar-refractivity contribution in [1.82, 2.24) is 25.0 Å². The first kappa shape index (κ1) is 25.4. The van der Waals surface area contributed by atoms with Crippen molar-refractivity contribution >= 4 is 5.91 Å². The fourth-order valence-electron chi connectivity index (χ4n) is 3.99. The minimum absolute atomic E-state index is 0.134. The van der Waals surface area contributed by atoms with E-state index in [1.807, 2.05) is 13.8 Å². The van der Waals surface area contributed by atoms with Gasteiger partial charge < -0.3 is 15.6 Å². The molecule has 1 atom stereocenters. The molecule has 1 saturated heterocycles. The van der Waals surface area contributed by atoms with E-state index in [9.17, 15) is 18.0 Å². The number of amides is 1. The third-order valence-electron chi connectivity index (χ3n) is 6.18. The van der Waals surface area contributed by atoms with Crippen LogP contribution < -0.4 is 5.73 Å². The molecular weight excluding hydrogens is 445 g/mol. The highest BCUT2D eigenvalue weighted by molar-refractivity contribution is 5.93. The molecule has 2 aromatic heterocycles. The number of alkyl halides is 3. The molecule has 1 unspecified atom stereocenters. The average molecular weight is 477 g/mol. The van der Waals surface area contributed by atoms with Crippen LogP contribution in [0.3, 0.4) is 0 Å². The van der Waals surface area contributed by atoms with Gasteiger partial charge in [-0.15, -0.1) is 0 Å². The molecule has 4 N–H and O–H groups in total. The number of hydrogen-bond donors (Lipinski definition) is 3. The first-order chi connectivity index (χ1) is 16.1. The second-order valence-corrected chi connectivity index (χ2v) is 8.42. The molecule has 0 spiro atoms. The van der Waals surface area contributed by atoms with Crippen molar-refractivity contribution < 1.29 is 18.0 Å². The number of nitrogens with zero attached hydrogens (tertiary/aromatic N) is 3. The van der Waals surface area contributed by atoms with Crippen LogP contribution in [0, 0.1) is 5.92 Å². The lowest BCUT2D eigenvalue weighted by molar-refractivity contribution is -0.0881. The van der Waals surface area contributed by atoms with Gasteiger partial charge in [0.25, 0.3) is 0 Å². The molecule has 7 nitrogen and oxygen atoms in total. The van der Waals surface area contributed by atoms with Crippen molar-refractivity contribution in [3.63, 3.8) is 0 Å². The number of nitrogens with one attached hydrogen (secondary N) is 2. The molecule has 3 heterocycles. The summed E-state index contributed by atoms with van der Waals surface area (Å²) in [5.41, 5.74) is 8.40. The Morgan fingerprint density at radius 2 is 2.00 bits per heavy atom. The lowest BCUT2D eigenvalue weighted by Gasteiger charge is -2.39. The molecule has 1 aliphatic rings. The Morgan fingerprint density at radius 3 is 2.56 bits per heavy atom. The second kappa shape index (κ2) is 10.8. The predicted molar refractivity (Wildman–Crippen MR) is 126 cm³/mol. The average Bonchev–Trinajstić information content (AvgIpc) is 3.46. The fraction of sp³-hybridized carbons (Fsp3) is 0.417. The Kier molecular flexibility index (Phi) is 8.03. The standard InChI is InChI=1S/C24H31F3N6O/c1-4-16(3)21(7-6-19(5-2)24(25,26)27)33-10-8-32(9-11-33)15-18-14-30-31-22(18)20-12-17(13-29-20)23(28)34/h5-7,12-14,16,29H,2,4,8-11,15H2,1,3H3,(H2,28,34)(H,30,31)/b19-6+,21-7+. The zero-order valence-corrected chi connectivity index (χ0v) is 19.5. The van der Waals surface area contributed by atoms with Crippen LogP contribution in [0.5, 0.6) is 0 Å². The SMILES string of the molecule is C=C/C(=C\C=C(/C(C)CC)N1CCN(Cc2cn[nH]c2-c2cc(C(N)=O)c[nH]2)CC1)C(F)(F)F. The maximum Gasteiger partial charge on any atom is 0.416 e. The van der Waals surface area contributed by atoms with Crippen molar-refractivity contribution in [1.29, 1.82) is 0 Å². The van der Waals surface area contributed by atoms with Crippen LogP contribution in [0.25, 0.3) is 11.4 Å². The smallest absolute Gasteiger partial charge is 0.372 e. The van der Waals surface area contributed by atoms with Gasteiger partial charge in [0.2, 0.25) is 5.91 Å². The summed E-state index contributed by atoms with van der Waals surface area (Å²) in [5.74, 6) is -0.370. The van der Waals surface area contributed by atoms with Gasteiger partial charge in [-0.3, -0.25) is 14.8 Å². The third kappa shape index (κ3) is 5.99. The van der Waals surface area contributed by atoms with E-state index in [1.54, 1.807) is 24.5 Å². The molecule has 3 rings (SSSR count). The van der Waals surface area contributed by atoms with E-state index in [0.717, 1.165) is 54.3 Å². The molecule has 0 bridgehead atoms. The zero-order chi connectivity index (χ0) is 24.9. The number of carbonyl (C=O) groups excluding carboxylic acids is 1. The molecule has 0 radical (unpaired) electrons. The Morgan fingerprint density at radius 1 is 1.29 bits per heavy atom. The van der Waals surface area contributed by atoms with Crippen molar-refractivity contribution in [2.45, 2.75) is 33.0 Å². The lowest BCUT2D eigenvalue weighted by atomic mass is 10.0. The van der Waals surface area contributed by atoms with E-state index in [-0.39, 0.29) is 5.92 Å². The number of aromatic amines is 2. The number of aromatic nitrogens is 3. The number of halogens is 3. The molecule has 1 aliphatic heterocycles. The van der Waals surface area contributed by atoms with Gasteiger partial charge in [0, 0.05) is 50.2 Å². The van der Waals surface area contributed by atoms with Gasteiger partial charge in [-0.1, -0.05) is 26.5 Å². The highest BCUT2D eigenvalue weighted by Gasteiger charge is 2.31. The van der Waals surface area contributed by atoms with Crippen molar-refractivity contribution in [3.8, 4) is 11.4 Å². The monoisotopic (exact) mass is 476 g/mol. The Balaban J connectivity index is 1.69. The number of rotatable bonds is 9. The zero-order valence-electron chi connectivity index (χ0n) is 19.5. The molecule has 1 amide bonds. The van der Waals surface area contributed by atoms with Crippen LogP contribution in [-0.2, 0) is 6.54 Å². The van der Waals surface area contributed by atoms with Crippen LogP contribution in [0.15, 0.2) is 54.5 Å². The summed E-state index contributed by atoms with van der Waals surface area (Å²) in [6, 6.07) is 1.69. The van der Waals surface area contributed by atoms with E-state index < -0.39 is 17.7 Å². The number of carbonyl (C=O) groups is 1. The largest absolute Gasteiger partial charge is 0.416 e. The Hall–Kier alpha value is -3.27. The number of primary amides is 1. The summed E-state index contributed by atoms with van der Waals surface area (Å²) in [7, 11) is 0. The quantitative estimate of drug-likeness (QED) is 0.472. The first-order valence-electron chi connectivity index (χ1n) is 11.2. The Bertz CT molecular complexity index is 1060. The minimum atomic E-state index is -4.42. The summed E-state index contributed by atoms with van der Waals surface area (Å²) >= 11 is 0. The van der Waals surface area contributed by atoms with Crippen molar-refractivity contribution in [2.75, 3.05) is 26.2 Å². The van der Waals surface area contributed by atoms with Crippen LogP contribution in [-0.4, -0.2) is 63.2 Å². The van der Waals surface area contributed by atoms with E-state index >= 15 is 0 Å². The maximum atomic E-state index is 13.1. The maximum absolute atomic E-state index is 13.1. The summed E-state index contributed by atoms with van der Waals surface area (Å²) < 4.78 is 39.3. The molecule has 184 valence electrons. The van der Waals surface area contributed by atoms with E-state index in [1.165, 1.54) is 0 Å². The first-order valence-corrected chi connectivity index (χ1v) is 11.2. The number of H-pyrrole nitrogens is 2. The summed E-state index contributed by atoms with van der Waals surface area (Å²) in [5, 5.41) is 7.12. The number of hydrogen-bond acceptors (Lipinski definition) is 4. The van der Waals surface area contributed by atoms with Crippen LogP contribution in [0.4, 0.5) is 13.2 Å². The van der Waals surface area contributed by atoms with E-state index in [2.05, 4.69) is 31.6 Å². The molecule has 1 fully saturated rings. The Labute approximate surface area is 197 Å². The topological polar surface area (TPSA) is 94.0 Å². The van der Waals surface area contributed by atoms with Crippen molar-refractivity contribution in [3.05, 3.63) is 65.7 Å².